The largest absolute Gasteiger partial charge is 0.462 e. The van der Waals surface area contributed by atoms with Gasteiger partial charge in [0.05, 0.1) is 16.9 Å². The number of sulfonamides is 1. The number of cyclic esters (lactones) is 1. The summed E-state index contributed by atoms with van der Waals surface area (Å²) >= 11 is 5.03. The van der Waals surface area contributed by atoms with Crippen LogP contribution in [0.1, 0.15) is 26.2 Å². The fourth-order valence-electron chi connectivity index (χ4n) is 2.46. The molecule has 0 unspecified atom stereocenters. The van der Waals surface area contributed by atoms with E-state index in [-0.39, 0.29) is 40.3 Å². The zero-order chi connectivity index (χ0) is 18.6. The molecule has 25 heavy (non-hydrogen) atoms. The first-order valence-corrected chi connectivity index (χ1v) is 9.55. The van der Waals surface area contributed by atoms with Crippen LogP contribution in [0.4, 0.5) is 5.69 Å². The van der Waals surface area contributed by atoms with Gasteiger partial charge in [0.2, 0.25) is 15.9 Å². The van der Waals surface area contributed by atoms with E-state index in [2.05, 4.69) is 10.6 Å². The van der Waals surface area contributed by atoms with Gasteiger partial charge in [-0.3, -0.25) is 9.59 Å². The zero-order valence-electron chi connectivity index (χ0n) is 13.5. The van der Waals surface area contributed by atoms with Crippen molar-refractivity contribution in [2.45, 2.75) is 37.2 Å². The number of benzene rings is 1. The fourth-order valence-corrected chi connectivity index (χ4v) is 3.21. The van der Waals surface area contributed by atoms with E-state index in [1.54, 1.807) is 0 Å². The number of thiocarbonyl (C=S) groups is 1. The van der Waals surface area contributed by atoms with Gasteiger partial charge in [-0.25, -0.2) is 13.6 Å². The minimum Gasteiger partial charge on any atom is -0.462 e. The van der Waals surface area contributed by atoms with Crippen molar-refractivity contribution < 1.29 is 22.7 Å². The Balaban J connectivity index is 1.79. The van der Waals surface area contributed by atoms with Crippen LogP contribution in [0.15, 0.2) is 29.2 Å². The molecular weight excluding hydrogens is 366 g/mol. The minimum absolute atomic E-state index is 0.0225. The van der Waals surface area contributed by atoms with E-state index < -0.39 is 10.0 Å². The highest BCUT2D eigenvalue weighted by atomic mass is 32.2. The average molecular weight is 385 g/mol. The van der Waals surface area contributed by atoms with Gasteiger partial charge in [-0.1, -0.05) is 0 Å². The maximum Gasteiger partial charge on any atom is 0.309 e. The summed E-state index contributed by atoms with van der Waals surface area (Å²) in [7, 11) is -3.76. The second-order valence-corrected chi connectivity index (χ2v) is 7.76. The van der Waals surface area contributed by atoms with Gasteiger partial charge in [-0.2, -0.15) is 0 Å². The van der Waals surface area contributed by atoms with Gasteiger partial charge in [0.1, 0.15) is 0 Å². The van der Waals surface area contributed by atoms with Crippen molar-refractivity contribution in [2.24, 2.45) is 11.1 Å². The van der Waals surface area contributed by atoms with Gasteiger partial charge in [-0.05, 0) is 56.2 Å². The molecule has 4 N–H and O–H groups in total. The lowest BCUT2D eigenvalue weighted by Crippen LogP contribution is -2.34. The molecule has 0 saturated carbocycles. The number of esters is 1. The zero-order valence-corrected chi connectivity index (χ0v) is 15.2. The Morgan fingerprint density at radius 2 is 2.00 bits per heavy atom. The van der Waals surface area contributed by atoms with Gasteiger partial charge in [-0.15, -0.1) is 0 Å². The molecule has 0 aromatic heterocycles. The molecule has 0 spiro atoms. The molecule has 136 valence electrons. The van der Waals surface area contributed by atoms with Gasteiger partial charge < -0.3 is 15.4 Å². The highest BCUT2D eigenvalue weighted by molar-refractivity contribution is 7.89. The molecule has 1 aliphatic heterocycles. The number of hydrogen-bond donors (Lipinski definition) is 3. The first-order chi connectivity index (χ1) is 11.6. The number of carbonyl (C=O) groups is 2. The van der Waals surface area contributed by atoms with Crippen molar-refractivity contribution in [2.75, 3.05) is 5.32 Å². The fraction of sp³-hybridized carbons (Fsp3) is 0.400. The molecule has 1 aromatic rings. The predicted octanol–water partition coefficient (Wildman–Crippen LogP) is 0.879. The molecule has 1 amide bonds. The number of carbonyl (C=O) groups excluding carboxylic acids is 2. The molecule has 2 rings (SSSR count). The van der Waals surface area contributed by atoms with Crippen LogP contribution in [-0.2, 0) is 24.3 Å². The van der Waals surface area contributed by atoms with Crippen LogP contribution in [0, 0.1) is 5.92 Å². The van der Waals surface area contributed by atoms with E-state index in [0.717, 1.165) is 0 Å². The first-order valence-electron chi connectivity index (χ1n) is 7.59. The molecule has 0 bridgehead atoms. The van der Waals surface area contributed by atoms with E-state index >= 15 is 0 Å². The smallest absolute Gasteiger partial charge is 0.309 e. The van der Waals surface area contributed by atoms with Crippen LogP contribution >= 0.6 is 12.2 Å². The summed E-state index contributed by atoms with van der Waals surface area (Å²) in [5.74, 6) is -0.838. The van der Waals surface area contributed by atoms with Gasteiger partial charge in [0.15, 0.2) is 5.11 Å². The maximum absolute atomic E-state index is 11.9. The second-order valence-electron chi connectivity index (χ2n) is 5.79. The summed E-state index contributed by atoms with van der Waals surface area (Å²) in [6, 6.07) is 5.62. The van der Waals surface area contributed by atoms with Crippen molar-refractivity contribution in [3.05, 3.63) is 24.3 Å². The number of primary sulfonamides is 1. The van der Waals surface area contributed by atoms with E-state index in [9.17, 15) is 18.0 Å². The molecule has 1 saturated heterocycles. The quantitative estimate of drug-likeness (QED) is 0.507. The van der Waals surface area contributed by atoms with Crippen molar-refractivity contribution in [3.63, 3.8) is 0 Å². The van der Waals surface area contributed by atoms with E-state index in [4.69, 9.17) is 22.1 Å². The molecule has 1 aromatic carbocycles. The monoisotopic (exact) mass is 385 g/mol. The standard InChI is InChI=1S/C15H19N3O5S2/c1-9-8-10(14(20)23-9)2-7-13(19)18-15(24)17-11-3-5-12(6-4-11)25(16,21)22/h3-6,9-10H,2,7-8H2,1H3,(H2,16,21,22)(H2,17,18,19,24)/t9-,10-/m0/s1. The van der Waals surface area contributed by atoms with Crippen LogP contribution in [-0.4, -0.2) is 31.5 Å². The predicted molar refractivity (Wildman–Crippen MR) is 95.1 cm³/mol. The summed E-state index contributed by atoms with van der Waals surface area (Å²) in [5, 5.41) is 10.4. The number of ether oxygens (including phenoxy) is 1. The molecule has 1 aliphatic rings. The van der Waals surface area contributed by atoms with E-state index in [1.165, 1.54) is 24.3 Å². The van der Waals surface area contributed by atoms with Crippen molar-refractivity contribution in [3.8, 4) is 0 Å². The number of nitrogens with one attached hydrogen (secondary N) is 2. The molecule has 2 atom stereocenters. The molecular formula is C15H19N3O5S2. The summed E-state index contributed by atoms with van der Waals surface area (Å²) in [5.41, 5.74) is 0.505. The number of hydrogen-bond acceptors (Lipinski definition) is 6. The minimum atomic E-state index is -3.76. The summed E-state index contributed by atoms with van der Waals surface area (Å²) in [6.07, 6.45) is 1.06. The topological polar surface area (TPSA) is 128 Å². The second kappa shape index (κ2) is 7.89. The summed E-state index contributed by atoms with van der Waals surface area (Å²) < 4.78 is 27.4. The maximum atomic E-state index is 11.9. The van der Waals surface area contributed by atoms with Crippen LogP contribution in [0.5, 0.6) is 0 Å². The highest BCUT2D eigenvalue weighted by Gasteiger charge is 2.31. The van der Waals surface area contributed by atoms with Crippen LogP contribution in [0.2, 0.25) is 0 Å². The van der Waals surface area contributed by atoms with Crippen LogP contribution < -0.4 is 15.8 Å². The van der Waals surface area contributed by atoms with Gasteiger partial charge in [0.25, 0.3) is 0 Å². The lowest BCUT2D eigenvalue weighted by atomic mass is 9.99. The van der Waals surface area contributed by atoms with Crippen LogP contribution in [0.3, 0.4) is 0 Å². The third kappa shape index (κ3) is 5.76. The Hall–Kier alpha value is -2.04. The molecule has 10 heteroatoms. The lowest BCUT2D eigenvalue weighted by molar-refractivity contribution is -0.143. The molecule has 0 aliphatic carbocycles. The van der Waals surface area contributed by atoms with E-state index in [0.29, 0.717) is 18.5 Å². The Morgan fingerprint density at radius 3 is 2.52 bits per heavy atom. The number of rotatable bonds is 5. The number of amides is 1. The molecule has 0 radical (unpaired) electrons. The van der Waals surface area contributed by atoms with Crippen molar-refractivity contribution >= 4 is 44.9 Å². The Morgan fingerprint density at radius 1 is 1.36 bits per heavy atom. The molecule has 8 nitrogen and oxygen atoms in total. The number of anilines is 1. The lowest BCUT2D eigenvalue weighted by Gasteiger charge is -2.10. The molecule has 1 fully saturated rings. The third-order valence-electron chi connectivity index (χ3n) is 3.68. The number of nitrogens with two attached hydrogens (primary N) is 1. The summed E-state index contributed by atoms with van der Waals surface area (Å²) in [4.78, 5) is 23.4. The average Bonchev–Trinajstić information content (AvgIpc) is 2.82. The SMILES string of the molecule is C[C@H]1C[C@H](CCC(=O)NC(=S)Nc2ccc(S(N)(=O)=O)cc2)C(=O)O1. The van der Waals surface area contributed by atoms with Gasteiger partial charge >= 0.3 is 5.97 Å². The Bertz CT molecular complexity index is 777. The normalized spacial score (nSPS) is 20.0. The van der Waals surface area contributed by atoms with Crippen molar-refractivity contribution in [1.29, 1.82) is 0 Å². The Labute approximate surface area is 151 Å². The summed E-state index contributed by atoms with van der Waals surface area (Å²) in [6.45, 7) is 1.82. The third-order valence-corrected chi connectivity index (χ3v) is 4.81. The van der Waals surface area contributed by atoms with Gasteiger partial charge in [0, 0.05) is 12.1 Å². The van der Waals surface area contributed by atoms with Crippen molar-refractivity contribution in [1.82, 2.24) is 5.32 Å². The Kier molecular flexibility index (Phi) is 6.09. The van der Waals surface area contributed by atoms with Crippen LogP contribution in [0.25, 0.3) is 0 Å². The first kappa shape index (κ1) is 19.3. The van der Waals surface area contributed by atoms with E-state index in [1.807, 2.05) is 6.92 Å². The molecule has 1 heterocycles. The highest BCUT2D eigenvalue weighted by Crippen LogP contribution is 2.24.